The minimum absolute atomic E-state index is 0.0511. The van der Waals surface area contributed by atoms with Crippen molar-refractivity contribution in [2.45, 2.75) is 6.42 Å². The molecule has 0 bridgehead atoms. The van der Waals surface area contributed by atoms with E-state index in [1.807, 2.05) is 24.3 Å². The third kappa shape index (κ3) is 2.53. The molecule has 1 amide bonds. The second-order valence-corrected chi connectivity index (χ2v) is 4.89. The molecule has 2 N–H and O–H groups in total. The zero-order valence-corrected chi connectivity index (χ0v) is 11.2. The first-order chi connectivity index (χ1) is 9.74. The maximum atomic E-state index is 12.1. The fourth-order valence-corrected chi connectivity index (χ4v) is 2.33. The van der Waals surface area contributed by atoms with E-state index in [4.69, 9.17) is 0 Å². The van der Waals surface area contributed by atoms with Gasteiger partial charge in [0.15, 0.2) is 5.82 Å². The molecule has 104 valence electrons. The van der Waals surface area contributed by atoms with Crippen molar-refractivity contribution in [1.82, 2.24) is 25.5 Å². The molecule has 0 saturated carbocycles. The van der Waals surface area contributed by atoms with Gasteiger partial charge >= 0.3 is 0 Å². The van der Waals surface area contributed by atoms with Crippen molar-refractivity contribution in [3.63, 3.8) is 0 Å². The quantitative estimate of drug-likeness (QED) is 0.846. The molecule has 1 aromatic heterocycles. The first-order valence-electron chi connectivity index (χ1n) is 6.58. The molecule has 7 heteroatoms. The van der Waals surface area contributed by atoms with Gasteiger partial charge in [0, 0.05) is 24.8 Å². The summed E-state index contributed by atoms with van der Waals surface area (Å²) in [5.74, 6) is 0.780. The number of tetrazole rings is 1. The van der Waals surface area contributed by atoms with E-state index in [-0.39, 0.29) is 11.8 Å². The van der Waals surface area contributed by atoms with Crippen LogP contribution < -0.4 is 10.6 Å². The Bertz CT molecular complexity index is 617. The largest absolute Gasteiger partial charge is 0.326 e. The third-order valence-electron chi connectivity index (χ3n) is 3.44. The lowest BCUT2D eigenvalue weighted by atomic mass is 10.1. The summed E-state index contributed by atoms with van der Waals surface area (Å²) < 4.78 is 1.60. The minimum atomic E-state index is 0.0511. The van der Waals surface area contributed by atoms with Gasteiger partial charge < -0.3 is 10.6 Å². The lowest BCUT2D eigenvalue weighted by molar-refractivity contribution is -0.119. The van der Waals surface area contributed by atoms with Gasteiger partial charge in [-0.2, -0.15) is 0 Å². The maximum absolute atomic E-state index is 12.1. The highest BCUT2D eigenvalue weighted by atomic mass is 16.1. The van der Waals surface area contributed by atoms with E-state index in [2.05, 4.69) is 26.2 Å². The molecule has 20 heavy (non-hydrogen) atoms. The van der Waals surface area contributed by atoms with Crippen molar-refractivity contribution >= 4 is 11.6 Å². The van der Waals surface area contributed by atoms with Crippen LogP contribution in [0.1, 0.15) is 6.42 Å². The molecule has 1 atom stereocenters. The predicted octanol–water partition coefficient (Wildman–Crippen LogP) is 0.425. The molecule has 2 heterocycles. The Kier molecular flexibility index (Phi) is 3.42. The number of aromatic nitrogens is 4. The van der Waals surface area contributed by atoms with Crippen molar-refractivity contribution in [2.24, 2.45) is 13.0 Å². The Morgan fingerprint density at radius 2 is 2.40 bits per heavy atom. The maximum Gasteiger partial charge on any atom is 0.228 e. The van der Waals surface area contributed by atoms with Crippen LogP contribution in [-0.2, 0) is 11.8 Å². The van der Waals surface area contributed by atoms with E-state index in [1.165, 1.54) is 0 Å². The van der Waals surface area contributed by atoms with Gasteiger partial charge in [0.2, 0.25) is 5.91 Å². The number of rotatable bonds is 3. The summed E-state index contributed by atoms with van der Waals surface area (Å²) in [6.45, 7) is 1.65. The summed E-state index contributed by atoms with van der Waals surface area (Å²) in [4.78, 5) is 12.1. The Hall–Kier alpha value is -2.28. The van der Waals surface area contributed by atoms with Crippen LogP contribution in [-0.4, -0.2) is 39.2 Å². The number of amides is 1. The molecule has 1 unspecified atom stereocenters. The number of carbonyl (C=O) groups is 1. The number of anilines is 1. The highest BCUT2D eigenvalue weighted by Crippen LogP contribution is 2.20. The van der Waals surface area contributed by atoms with E-state index in [1.54, 1.807) is 11.7 Å². The van der Waals surface area contributed by atoms with Crippen molar-refractivity contribution in [3.05, 3.63) is 24.3 Å². The van der Waals surface area contributed by atoms with Gasteiger partial charge in [-0.3, -0.25) is 4.79 Å². The average Bonchev–Trinajstić information content (AvgIpc) is 3.10. The van der Waals surface area contributed by atoms with Crippen molar-refractivity contribution < 1.29 is 4.79 Å². The fraction of sp³-hybridized carbons (Fsp3) is 0.385. The van der Waals surface area contributed by atoms with Crippen LogP contribution in [0.4, 0.5) is 5.69 Å². The predicted molar refractivity (Wildman–Crippen MR) is 73.8 cm³/mol. The average molecular weight is 272 g/mol. The first-order valence-corrected chi connectivity index (χ1v) is 6.58. The van der Waals surface area contributed by atoms with E-state index in [0.29, 0.717) is 5.82 Å². The Morgan fingerprint density at radius 1 is 1.50 bits per heavy atom. The standard InChI is InChI=1S/C13H16N6O/c1-19-12(16-17-18-19)9-3-2-4-11(7-9)15-13(20)10-5-6-14-8-10/h2-4,7,10,14H,5-6,8H2,1H3,(H,15,20). The van der Waals surface area contributed by atoms with Gasteiger partial charge in [0.1, 0.15) is 0 Å². The number of nitrogens with zero attached hydrogens (tertiary/aromatic N) is 4. The van der Waals surface area contributed by atoms with Crippen LogP contribution in [0.2, 0.25) is 0 Å². The number of nitrogens with one attached hydrogen (secondary N) is 2. The Balaban J connectivity index is 1.78. The Labute approximate surface area is 116 Å². The molecule has 1 fully saturated rings. The lowest BCUT2D eigenvalue weighted by Crippen LogP contribution is -2.24. The molecule has 1 aliphatic rings. The second kappa shape index (κ2) is 5.38. The lowest BCUT2D eigenvalue weighted by Gasteiger charge is -2.10. The van der Waals surface area contributed by atoms with E-state index in [9.17, 15) is 4.79 Å². The van der Waals surface area contributed by atoms with Gasteiger partial charge in [-0.15, -0.1) is 5.10 Å². The van der Waals surface area contributed by atoms with Gasteiger partial charge in [0.25, 0.3) is 0 Å². The summed E-state index contributed by atoms with van der Waals surface area (Å²) >= 11 is 0. The number of benzene rings is 1. The number of aryl methyl sites for hydroxylation is 1. The normalized spacial score (nSPS) is 18.1. The van der Waals surface area contributed by atoms with E-state index >= 15 is 0 Å². The van der Waals surface area contributed by atoms with Crippen molar-refractivity contribution in [1.29, 1.82) is 0 Å². The second-order valence-electron chi connectivity index (χ2n) is 4.89. The van der Waals surface area contributed by atoms with Gasteiger partial charge in [0.05, 0.1) is 5.92 Å². The molecule has 2 aromatic rings. The van der Waals surface area contributed by atoms with E-state index in [0.717, 1.165) is 30.8 Å². The summed E-state index contributed by atoms with van der Waals surface area (Å²) in [5, 5.41) is 17.5. The SMILES string of the molecule is Cn1nnnc1-c1cccc(NC(=O)C2CCNC2)c1. The fourth-order valence-electron chi connectivity index (χ4n) is 2.33. The van der Waals surface area contributed by atoms with E-state index < -0.39 is 0 Å². The summed E-state index contributed by atoms with van der Waals surface area (Å²) in [7, 11) is 1.78. The number of hydrogen-bond acceptors (Lipinski definition) is 5. The van der Waals surface area contributed by atoms with Crippen LogP contribution in [0.5, 0.6) is 0 Å². The van der Waals surface area contributed by atoms with Crippen molar-refractivity contribution in [3.8, 4) is 11.4 Å². The molecule has 0 aliphatic carbocycles. The number of hydrogen-bond donors (Lipinski definition) is 2. The molecule has 0 spiro atoms. The van der Waals surface area contributed by atoms with Crippen molar-refractivity contribution in [2.75, 3.05) is 18.4 Å². The summed E-state index contributed by atoms with van der Waals surface area (Å²) in [6.07, 6.45) is 0.888. The zero-order valence-electron chi connectivity index (χ0n) is 11.2. The summed E-state index contributed by atoms with van der Waals surface area (Å²) in [5.41, 5.74) is 1.64. The minimum Gasteiger partial charge on any atom is -0.326 e. The van der Waals surface area contributed by atoms with Crippen LogP contribution in [0.25, 0.3) is 11.4 Å². The van der Waals surface area contributed by atoms with Gasteiger partial charge in [-0.05, 0) is 35.5 Å². The summed E-state index contributed by atoms with van der Waals surface area (Å²) in [6, 6.07) is 7.55. The molecular weight excluding hydrogens is 256 g/mol. The molecule has 7 nitrogen and oxygen atoms in total. The molecule has 3 rings (SSSR count). The van der Waals surface area contributed by atoms with Crippen LogP contribution >= 0.6 is 0 Å². The molecule has 1 aliphatic heterocycles. The highest BCUT2D eigenvalue weighted by molar-refractivity contribution is 5.93. The van der Waals surface area contributed by atoms with Gasteiger partial charge in [-0.25, -0.2) is 4.68 Å². The monoisotopic (exact) mass is 272 g/mol. The van der Waals surface area contributed by atoms with Crippen LogP contribution in [0.15, 0.2) is 24.3 Å². The molecule has 1 aromatic carbocycles. The van der Waals surface area contributed by atoms with Gasteiger partial charge in [-0.1, -0.05) is 12.1 Å². The Morgan fingerprint density at radius 3 is 3.10 bits per heavy atom. The van der Waals surface area contributed by atoms with Crippen LogP contribution in [0.3, 0.4) is 0 Å². The third-order valence-corrected chi connectivity index (χ3v) is 3.44. The topological polar surface area (TPSA) is 84.7 Å². The zero-order chi connectivity index (χ0) is 13.9. The first kappa shape index (κ1) is 12.7. The molecular formula is C13H16N6O. The highest BCUT2D eigenvalue weighted by Gasteiger charge is 2.22. The number of carbonyl (C=O) groups excluding carboxylic acids is 1. The van der Waals surface area contributed by atoms with Crippen LogP contribution in [0, 0.1) is 5.92 Å². The molecule has 1 saturated heterocycles. The molecule has 0 radical (unpaired) electrons. The smallest absolute Gasteiger partial charge is 0.228 e.